The van der Waals surface area contributed by atoms with E-state index in [0.717, 1.165) is 23.2 Å². The van der Waals surface area contributed by atoms with Crippen LogP contribution >= 0.6 is 0 Å². The Morgan fingerprint density at radius 3 is 2.39 bits per heavy atom. The third-order valence-corrected chi connectivity index (χ3v) is 5.44. The highest BCUT2D eigenvalue weighted by molar-refractivity contribution is 7.91. The SMILES string of the molecule is CCc1cccc(C)c1NC(=O)CCS(=O)(=O)c1ccccc1. The molecule has 0 fully saturated rings. The van der Waals surface area contributed by atoms with Crippen LogP contribution in [-0.2, 0) is 21.1 Å². The molecule has 2 aromatic rings. The van der Waals surface area contributed by atoms with Crippen molar-refractivity contribution in [3.63, 3.8) is 0 Å². The van der Waals surface area contributed by atoms with Gasteiger partial charge in [0.25, 0.3) is 0 Å². The van der Waals surface area contributed by atoms with Crippen LogP contribution in [0.3, 0.4) is 0 Å². The molecule has 0 saturated heterocycles. The number of hydrogen-bond acceptors (Lipinski definition) is 3. The molecular weight excluding hydrogens is 310 g/mol. The van der Waals surface area contributed by atoms with E-state index in [2.05, 4.69) is 5.32 Å². The Kier molecular flexibility index (Phi) is 5.55. The fourth-order valence-electron chi connectivity index (χ4n) is 2.38. The molecule has 122 valence electrons. The summed E-state index contributed by atoms with van der Waals surface area (Å²) in [4.78, 5) is 12.4. The summed E-state index contributed by atoms with van der Waals surface area (Å²) >= 11 is 0. The zero-order valence-electron chi connectivity index (χ0n) is 13.4. The van der Waals surface area contributed by atoms with Crippen molar-refractivity contribution in [2.45, 2.75) is 31.6 Å². The van der Waals surface area contributed by atoms with E-state index in [1.165, 1.54) is 0 Å². The monoisotopic (exact) mass is 331 g/mol. The van der Waals surface area contributed by atoms with Gasteiger partial charge >= 0.3 is 0 Å². The highest BCUT2D eigenvalue weighted by Gasteiger charge is 2.17. The van der Waals surface area contributed by atoms with Crippen molar-refractivity contribution in [1.82, 2.24) is 0 Å². The summed E-state index contributed by atoms with van der Waals surface area (Å²) in [5.41, 5.74) is 2.81. The quantitative estimate of drug-likeness (QED) is 0.883. The van der Waals surface area contributed by atoms with Gasteiger partial charge < -0.3 is 5.32 Å². The number of benzene rings is 2. The van der Waals surface area contributed by atoms with E-state index in [0.29, 0.717) is 0 Å². The number of amides is 1. The fourth-order valence-corrected chi connectivity index (χ4v) is 3.64. The van der Waals surface area contributed by atoms with Crippen molar-refractivity contribution < 1.29 is 13.2 Å². The van der Waals surface area contributed by atoms with E-state index in [9.17, 15) is 13.2 Å². The first-order valence-electron chi connectivity index (χ1n) is 7.60. The normalized spacial score (nSPS) is 11.2. The number of para-hydroxylation sites is 1. The highest BCUT2D eigenvalue weighted by Crippen LogP contribution is 2.21. The molecule has 0 unspecified atom stereocenters. The molecule has 1 N–H and O–H groups in total. The topological polar surface area (TPSA) is 63.2 Å². The molecule has 0 radical (unpaired) electrons. The van der Waals surface area contributed by atoms with Crippen molar-refractivity contribution in [1.29, 1.82) is 0 Å². The summed E-state index contributed by atoms with van der Waals surface area (Å²) in [7, 11) is -3.43. The zero-order chi connectivity index (χ0) is 16.9. The van der Waals surface area contributed by atoms with Gasteiger partial charge in [-0.15, -0.1) is 0 Å². The smallest absolute Gasteiger partial charge is 0.225 e. The molecule has 1 amide bonds. The molecule has 0 saturated carbocycles. The van der Waals surface area contributed by atoms with Gasteiger partial charge in [-0.2, -0.15) is 0 Å². The predicted molar refractivity (Wildman–Crippen MR) is 92.3 cm³/mol. The highest BCUT2D eigenvalue weighted by atomic mass is 32.2. The first kappa shape index (κ1) is 17.2. The lowest BCUT2D eigenvalue weighted by molar-refractivity contribution is -0.115. The van der Waals surface area contributed by atoms with Crippen molar-refractivity contribution in [2.24, 2.45) is 0 Å². The number of aryl methyl sites for hydroxylation is 2. The van der Waals surface area contributed by atoms with E-state index in [1.54, 1.807) is 30.3 Å². The van der Waals surface area contributed by atoms with Gasteiger partial charge in [0.05, 0.1) is 10.6 Å². The Hall–Kier alpha value is -2.14. The van der Waals surface area contributed by atoms with E-state index < -0.39 is 9.84 Å². The summed E-state index contributed by atoms with van der Waals surface area (Å²) in [6, 6.07) is 14.0. The van der Waals surface area contributed by atoms with Crippen molar-refractivity contribution in [3.05, 3.63) is 59.7 Å². The maximum atomic E-state index is 12.2. The predicted octanol–water partition coefficient (Wildman–Crippen LogP) is 3.36. The van der Waals surface area contributed by atoms with Gasteiger partial charge in [0.2, 0.25) is 5.91 Å². The van der Waals surface area contributed by atoms with Crippen LogP contribution in [0.5, 0.6) is 0 Å². The molecule has 2 rings (SSSR count). The second kappa shape index (κ2) is 7.42. The van der Waals surface area contributed by atoms with Gasteiger partial charge in [0.1, 0.15) is 0 Å². The number of rotatable bonds is 6. The average Bonchev–Trinajstić information content (AvgIpc) is 2.56. The van der Waals surface area contributed by atoms with Crippen molar-refractivity contribution >= 4 is 21.4 Å². The van der Waals surface area contributed by atoms with Crippen molar-refractivity contribution in [3.8, 4) is 0 Å². The van der Waals surface area contributed by atoms with E-state index in [-0.39, 0.29) is 23.0 Å². The third-order valence-electron chi connectivity index (χ3n) is 3.70. The van der Waals surface area contributed by atoms with Gasteiger partial charge in [-0.1, -0.05) is 43.3 Å². The Bertz CT molecular complexity index is 783. The van der Waals surface area contributed by atoms with Crippen LogP contribution in [0.2, 0.25) is 0 Å². The second-order valence-corrected chi connectivity index (χ2v) is 7.50. The largest absolute Gasteiger partial charge is 0.326 e. The van der Waals surface area contributed by atoms with Gasteiger partial charge in [-0.05, 0) is 36.6 Å². The second-order valence-electron chi connectivity index (χ2n) is 5.39. The fraction of sp³-hybridized carbons (Fsp3) is 0.278. The van der Waals surface area contributed by atoms with Crippen LogP contribution < -0.4 is 5.32 Å². The minimum absolute atomic E-state index is 0.0608. The zero-order valence-corrected chi connectivity index (χ0v) is 14.2. The van der Waals surface area contributed by atoms with Crippen LogP contribution in [0.4, 0.5) is 5.69 Å². The molecule has 4 nitrogen and oxygen atoms in total. The maximum absolute atomic E-state index is 12.2. The van der Waals surface area contributed by atoms with Crippen LogP contribution in [0, 0.1) is 6.92 Å². The Morgan fingerprint density at radius 2 is 1.74 bits per heavy atom. The molecule has 0 heterocycles. The molecule has 0 spiro atoms. The number of hydrogen-bond donors (Lipinski definition) is 1. The van der Waals surface area contributed by atoms with Crippen LogP contribution in [-0.4, -0.2) is 20.1 Å². The number of carbonyl (C=O) groups excluding carboxylic acids is 1. The summed E-state index contributed by atoms with van der Waals surface area (Å²) in [6.07, 6.45) is 0.744. The number of carbonyl (C=O) groups is 1. The van der Waals surface area contributed by atoms with Crippen LogP contribution in [0.15, 0.2) is 53.4 Å². The first-order chi connectivity index (χ1) is 10.9. The number of nitrogens with one attached hydrogen (secondary N) is 1. The lowest BCUT2D eigenvalue weighted by atomic mass is 10.1. The molecule has 23 heavy (non-hydrogen) atoms. The Morgan fingerprint density at radius 1 is 1.04 bits per heavy atom. The molecule has 0 aliphatic heterocycles. The Balaban J connectivity index is 2.04. The molecule has 2 aromatic carbocycles. The van der Waals surface area contributed by atoms with Gasteiger partial charge in [-0.25, -0.2) is 8.42 Å². The van der Waals surface area contributed by atoms with Gasteiger partial charge in [0.15, 0.2) is 9.84 Å². The minimum atomic E-state index is -3.43. The molecular formula is C18H21NO3S. The molecule has 0 aromatic heterocycles. The standard InChI is InChI=1S/C18H21NO3S/c1-3-15-9-7-8-14(2)18(15)19-17(20)12-13-23(21,22)16-10-5-4-6-11-16/h4-11H,3,12-13H2,1-2H3,(H,19,20). The van der Waals surface area contributed by atoms with E-state index in [1.807, 2.05) is 32.0 Å². The lowest BCUT2D eigenvalue weighted by Gasteiger charge is -2.13. The third kappa shape index (κ3) is 4.42. The van der Waals surface area contributed by atoms with Crippen LogP contribution in [0.1, 0.15) is 24.5 Å². The number of anilines is 1. The van der Waals surface area contributed by atoms with Gasteiger partial charge in [0, 0.05) is 12.1 Å². The summed E-state index contributed by atoms with van der Waals surface area (Å²) in [5.74, 6) is -0.482. The van der Waals surface area contributed by atoms with Gasteiger partial charge in [-0.3, -0.25) is 4.79 Å². The van der Waals surface area contributed by atoms with Crippen LogP contribution in [0.25, 0.3) is 0 Å². The molecule has 0 aliphatic carbocycles. The van der Waals surface area contributed by atoms with E-state index >= 15 is 0 Å². The van der Waals surface area contributed by atoms with E-state index in [4.69, 9.17) is 0 Å². The summed E-state index contributed by atoms with van der Waals surface area (Å²) in [5, 5.41) is 2.85. The Labute approximate surface area is 137 Å². The molecule has 5 heteroatoms. The molecule has 0 bridgehead atoms. The summed E-state index contributed by atoms with van der Waals surface area (Å²) < 4.78 is 24.4. The first-order valence-corrected chi connectivity index (χ1v) is 9.25. The molecule has 0 aliphatic rings. The maximum Gasteiger partial charge on any atom is 0.225 e. The van der Waals surface area contributed by atoms with Crippen molar-refractivity contribution in [2.75, 3.05) is 11.1 Å². The lowest BCUT2D eigenvalue weighted by Crippen LogP contribution is -2.18. The molecule has 0 atom stereocenters. The average molecular weight is 331 g/mol. The minimum Gasteiger partial charge on any atom is -0.326 e. The number of sulfone groups is 1. The summed E-state index contributed by atoms with van der Waals surface area (Å²) in [6.45, 7) is 3.94.